The summed E-state index contributed by atoms with van der Waals surface area (Å²) >= 11 is 2.10. The highest BCUT2D eigenvalue weighted by molar-refractivity contribution is 14.1. The molecule has 1 aromatic heterocycles. The molecule has 0 aliphatic rings. The van der Waals surface area contributed by atoms with Crippen molar-refractivity contribution in [1.29, 1.82) is 0 Å². The maximum atomic E-state index is 13.3. The first-order chi connectivity index (χ1) is 9.47. The molecule has 1 aromatic carbocycles. The summed E-state index contributed by atoms with van der Waals surface area (Å²) in [7, 11) is 1.69. The highest BCUT2D eigenvalue weighted by Gasteiger charge is 2.16. The van der Waals surface area contributed by atoms with E-state index in [1.54, 1.807) is 7.05 Å². The van der Waals surface area contributed by atoms with Crippen molar-refractivity contribution in [1.82, 2.24) is 9.97 Å². The molecule has 0 aliphatic heterocycles. The van der Waals surface area contributed by atoms with E-state index in [2.05, 4.69) is 37.9 Å². The Balaban J connectivity index is 2.63. The number of aromatic nitrogens is 2. The SMILES string of the molecule is CCc1nc(-c2cc(F)c(F)c(F)c2)nc(NC)c1I. The Morgan fingerprint density at radius 3 is 2.25 bits per heavy atom. The van der Waals surface area contributed by atoms with Gasteiger partial charge in [0.25, 0.3) is 0 Å². The predicted molar refractivity (Wildman–Crippen MR) is 79.0 cm³/mol. The van der Waals surface area contributed by atoms with Crippen LogP contribution in [0.15, 0.2) is 12.1 Å². The summed E-state index contributed by atoms with van der Waals surface area (Å²) in [4.78, 5) is 8.46. The molecule has 106 valence electrons. The molecule has 0 fully saturated rings. The molecule has 20 heavy (non-hydrogen) atoms. The molecular weight excluding hydrogens is 382 g/mol. The van der Waals surface area contributed by atoms with Gasteiger partial charge < -0.3 is 5.32 Å². The molecule has 0 bridgehead atoms. The zero-order valence-electron chi connectivity index (χ0n) is 10.8. The third-order valence-corrected chi connectivity index (χ3v) is 3.87. The summed E-state index contributed by atoms with van der Waals surface area (Å²) in [6.07, 6.45) is 0.647. The standard InChI is InChI=1S/C13H11F3IN3/c1-3-9-11(17)13(18-2)20-12(19-9)6-4-7(14)10(16)8(15)5-6/h4-5H,3H2,1-2H3,(H,18,19,20). The van der Waals surface area contributed by atoms with Gasteiger partial charge in [0.15, 0.2) is 23.3 Å². The quantitative estimate of drug-likeness (QED) is 0.638. The van der Waals surface area contributed by atoms with E-state index in [4.69, 9.17) is 0 Å². The largest absolute Gasteiger partial charge is 0.372 e. The minimum Gasteiger partial charge on any atom is -0.372 e. The first kappa shape index (κ1) is 15.0. The van der Waals surface area contributed by atoms with Gasteiger partial charge in [0.2, 0.25) is 0 Å². The van der Waals surface area contributed by atoms with Crippen molar-refractivity contribution in [2.75, 3.05) is 12.4 Å². The van der Waals surface area contributed by atoms with Gasteiger partial charge in [-0.05, 0) is 41.1 Å². The average molecular weight is 393 g/mol. The third-order valence-electron chi connectivity index (χ3n) is 2.73. The van der Waals surface area contributed by atoms with Crippen LogP contribution in [0.4, 0.5) is 19.0 Å². The van der Waals surface area contributed by atoms with Gasteiger partial charge in [-0.25, -0.2) is 23.1 Å². The molecule has 1 N–H and O–H groups in total. The van der Waals surface area contributed by atoms with E-state index in [1.165, 1.54) is 0 Å². The molecule has 2 rings (SSSR count). The second-order valence-electron chi connectivity index (χ2n) is 4.01. The van der Waals surface area contributed by atoms with Crippen molar-refractivity contribution in [3.63, 3.8) is 0 Å². The van der Waals surface area contributed by atoms with Crippen LogP contribution < -0.4 is 5.32 Å². The van der Waals surface area contributed by atoms with Gasteiger partial charge in [-0.3, -0.25) is 0 Å². The van der Waals surface area contributed by atoms with E-state index in [0.29, 0.717) is 12.2 Å². The van der Waals surface area contributed by atoms with Gasteiger partial charge in [0.1, 0.15) is 5.82 Å². The molecule has 7 heteroatoms. The molecule has 0 saturated heterocycles. The molecule has 0 saturated carbocycles. The van der Waals surface area contributed by atoms with Crippen LogP contribution >= 0.6 is 22.6 Å². The van der Waals surface area contributed by atoms with Crippen LogP contribution in [0.5, 0.6) is 0 Å². The van der Waals surface area contributed by atoms with Crippen LogP contribution in [-0.2, 0) is 6.42 Å². The number of benzene rings is 1. The number of hydrogen-bond acceptors (Lipinski definition) is 3. The Bertz CT molecular complexity index is 613. The molecule has 0 unspecified atom stereocenters. The Hall–Kier alpha value is -1.38. The van der Waals surface area contributed by atoms with Gasteiger partial charge >= 0.3 is 0 Å². The van der Waals surface area contributed by atoms with Crippen LogP contribution in [0.25, 0.3) is 11.4 Å². The number of hydrogen-bond donors (Lipinski definition) is 1. The van der Waals surface area contributed by atoms with E-state index in [1.807, 2.05) is 6.92 Å². The summed E-state index contributed by atoms with van der Waals surface area (Å²) in [5, 5.41) is 2.90. The highest BCUT2D eigenvalue weighted by atomic mass is 127. The van der Waals surface area contributed by atoms with Gasteiger partial charge in [-0.15, -0.1) is 0 Å². The predicted octanol–water partition coefficient (Wildman–Crippen LogP) is 3.77. The monoisotopic (exact) mass is 393 g/mol. The zero-order valence-corrected chi connectivity index (χ0v) is 12.9. The summed E-state index contributed by atoms with van der Waals surface area (Å²) in [5.74, 6) is -3.29. The summed E-state index contributed by atoms with van der Waals surface area (Å²) in [6.45, 7) is 1.92. The Kier molecular flexibility index (Phi) is 4.46. The lowest BCUT2D eigenvalue weighted by molar-refractivity contribution is 0.447. The molecule has 2 aromatic rings. The topological polar surface area (TPSA) is 37.8 Å². The van der Waals surface area contributed by atoms with E-state index in [9.17, 15) is 13.2 Å². The number of rotatable bonds is 3. The van der Waals surface area contributed by atoms with Gasteiger partial charge in [0.05, 0.1) is 9.26 Å². The average Bonchev–Trinajstić information content (AvgIpc) is 2.44. The molecular formula is C13H11F3IN3. The fourth-order valence-electron chi connectivity index (χ4n) is 1.71. The van der Waals surface area contributed by atoms with Crippen LogP contribution in [0.3, 0.4) is 0 Å². The van der Waals surface area contributed by atoms with Crippen LogP contribution in [0.1, 0.15) is 12.6 Å². The van der Waals surface area contributed by atoms with Gasteiger partial charge in [0, 0.05) is 12.6 Å². The highest BCUT2D eigenvalue weighted by Crippen LogP contribution is 2.26. The van der Waals surface area contributed by atoms with Crippen molar-refractivity contribution < 1.29 is 13.2 Å². The molecule has 0 atom stereocenters. The lowest BCUT2D eigenvalue weighted by Crippen LogP contribution is -2.05. The number of aryl methyl sites for hydroxylation is 1. The normalized spacial score (nSPS) is 10.7. The Morgan fingerprint density at radius 1 is 1.15 bits per heavy atom. The van der Waals surface area contributed by atoms with E-state index in [0.717, 1.165) is 21.4 Å². The number of nitrogens with zero attached hydrogens (tertiary/aromatic N) is 2. The molecule has 0 amide bonds. The number of halogens is 4. The van der Waals surface area contributed by atoms with Crippen molar-refractivity contribution in [2.45, 2.75) is 13.3 Å². The molecule has 0 aliphatic carbocycles. The van der Waals surface area contributed by atoms with E-state index in [-0.39, 0.29) is 11.4 Å². The fourth-order valence-corrected chi connectivity index (χ4v) is 2.60. The summed E-state index contributed by atoms with van der Waals surface area (Å²) < 4.78 is 40.4. The van der Waals surface area contributed by atoms with Gasteiger partial charge in [-0.2, -0.15) is 0 Å². The van der Waals surface area contributed by atoms with Crippen molar-refractivity contribution in [3.8, 4) is 11.4 Å². The Labute approximate surface area is 127 Å². The van der Waals surface area contributed by atoms with Crippen LogP contribution in [-0.4, -0.2) is 17.0 Å². The first-order valence-electron chi connectivity index (χ1n) is 5.87. The fraction of sp³-hybridized carbons (Fsp3) is 0.231. The van der Waals surface area contributed by atoms with Crippen molar-refractivity contribution >= 4 is 28.4 Å². The summed E-state index contributed by atoms with van der Waals surface area (Å²) in [6, 6.07) is 1.78. The third kappa shape index (κ3) is 2.72. The lowest BCUT2D eigenvalue weighted by atomic mass is 10.2. The molecule has 0 radical (unpaired) electrons. The minimum atomic E-state index is -1.50. The maximum absolute atomic E-state index is 13.3. The molecule has 3 nitrogen and oxygen atoms in total. The minimum absolute atomic E-state index is 0.101. The van der Waals surface area contributed by atoms with Crippen molar-refractivity contribution in [2.24, 2.45) is 0 Å². The maximum Gasteiger partial charge on any atom is 0.194 e. The Morgan fingerprint density at radius 2 is 1.75 bits per heavy atom. The van der Waals surface area contributed by atoms with Crippen LogP contribution in [0.2, 0.25) is 0 Å². The van der Waals surface area contributed by atoms with Gasteiger partial charge in [-0.1, -0.05) is 6.92 Å². The lowest BCUT2D eigenvalue weighted by Gasteiger charge is -2.10. The van der Waals surface area contributed by atoms with E-state index >= 15 is 0 Å². The summed E-state index contributed by atoms with van der Waals surface area (Å²) in [5.41, 5.74) is 0.856. The first-order valence-corrected chi connectivity index (χ1v) is 6.94. The second-order valence-corrected chi connectivity index (χ2v) is 5.09. The zero-order chi connectivity index (χ0) is 14.9. The number of anilines is 1. The molecule has 0 spiro atoms. The van der Waals surface area contributed by atoms with Crippen molar-refractivity contribution in [3.05, 3.63) is 38.8 Å². The molecule has 1 heterocycles. The second kappa shape index (κ2) is 5.94. The number of nitrogens with one attached hydrogen (secondary N) is 1. The van der Waals surface area contributed by atoms with Crippen LogP contribution in [0, 0.1) is 21.0 Å². The smallest absolute Gasteiger partial charge is 0.194 e. The van der Waals surface area contributed by atoms with E-state index < -0.39 is 17.5 Å².